The number of aryl methyl sites for hydroxylation is 3. The van der Waals surface area contributed by atoms with Crippen molar-refractivity contribution in [1.82, 2.24) is 19.8 Å². The predicted molar refractivity (Wildman–Crippen MR) is 123 cm³/mol. The van der Waals surface area contributed by atoms with Gasteiger partial charge in [-0.1, -0.05) is 12.1 Å². The Bertz CT molecular complexity index is 1160. The summed E-state index contributed by atoms with van der Waals surface area (Å²) in [6.45, 7) is 8.47. The number of carbonyl (C=O) groups is 2. The minimum atomic E-state index is -0.148. The van der Waals surface area contributed by atoms with Crippen LogP contribution in [0.25, 0.3) is 10.2 Å². The average molecular weight is 441 g/mol. The van der Waals surface area contributed by atoms with E-state index in [0.29, 0.717) is 17.5 Å². The van der Waals surface area contributed by atoms with Crippen LogP contribution in [-0.2, 0) is 17.9 Å². The third-order valence-corrected chi connectivity index (χ3v) is 6.64. The van der Waals surface area contributed by atoms with Gasteiger partial charge in [0.05, 0.1) is 11.7 Å². The number of benzene rings is 1. The van der Waals surface area contributed by atoms with Crippen LogP contribution < -0.4 is 10.9 Å². The van der Waals surface area contributed by atoms with Gasteiger partial charge in [-0.15, -0.1) is 11.3 Å². The van der Waals surface area contributed by atoms with E-state index in [1.54, 1.807) is 24.1 Å². The van der Waals surface area contributed by atoms with Gasteiger partial charge in [-0.25, -0.2) is 4.98 Å². The van der Waals surface area contributed by atoms with Crippen molar-refractivity contribution >= 4 is 33.4 Å². The lowest BCUT2D eigenvalue weighted by Crippen LogP contribution is -2.33. The summed E-state index contributed by atoms with van der Waals surface area (Å²) in [5, 5.41) is 3.50. The van der Waals surface area contributed by atoms with Gasteiger partial charge < -0.3 is 10.2 Å². The maximum atomic E-state index is 12.7. The molecule has 0 atom stereocenters. The zero-order valence-corrected chi connectivity index (χ0v) is 19.4. The summed E-state index contributed by atoms with van der Waals surface area (Å²) < 4.78 is 1.49. The lowest BCUT2D eigenvalue weighted by atomic mass is 10.1. The molecule has 2 heterocycles. The van der Waals surface area contributed by atoms with E-state index >= 15 is 0 Å². The number of amides is 2. The number of hydrogen-bond donors (Lipinski definition) is 1. The van der Waals surface area contributed by atoms with E-state index in [4.69, 9.17) is 0 Å². The summed E-state index contributed by atoms with van der Waals surface area (Å²) in [5.41, 5.74) is 2.37. The highest BCUT2D eigenvalue weighted by Gasteiger charge is 2.15. The fourth-order valence-corrected chi connectivity index (χ4v) is 4.13. The van der Waals surface area contributed by atoms with Gasteiger partial charge in [0.25, 0.3) is 11.5 Å². The number of hydrogen-bond acceptors (Lipinski definition) is 5. The minimum absolute atomic E-state index is 0.0299. The van der Waals surface area contributed by atoms with Crippen molar-refractivity contribution in [2.45, 2.75) is 53.2 Å². The Morgan fingerprint density at radius 2 is 1.87 bits per heavy atom. The predicted octanol–water partition coefficient (Wildman–Crippen LogP) is 3.26. The molecule has 0 saturated carbocycles. The van der Waals surface area contributed by atoms with Gasteiger partial charge in [-0.05, 0) is 51.0 Å². The smallest absolute Gasteiger partial charge is 0.262 e. The molecule has 2 aromatic heterocycles. The third kappa shape index (κ3) is 5.02. The van der Waals surface area contributed by atoms with Gasteiger partial charge in [0.15, 0.2) is 0 Å². The molecule has 31 heavy (non-hydrogen) atoms. The van der Waals surface area contributed by atoms with E-state index in [1.807, 2.05) is 39.8 Å². The molecule has 0 radical (unpaired) electrons. The summed E-state index contributed by atoms with van der Waals surface area (Å²) in [6, 6.07) is 7.35. The molecule has 164 valence electrons. The zero-order valence-electron chi connectivity index (χ0n) is 18.6. The van der Waals surface area contributed by atoms with Gasteiger partial charge in [0.1, 0.15) is 4.83 Å². The van der Waals surface area contributed by atoms with Gasteiger partial charge in [0, 0.05) is 43.0 Å². The lowest BCUT2D eigenvalue weighted by molar-refractivity contribution is -0.121. The molecule has 3 rings (SSSR count). The van der Waals surface area contributed by atoms with Gasteiger partial charge in [0.2, 0.25) is 5.91 Å². The topological polar surface area (TPSA) is 84.3 Å². The molecule has 2 amide bonds. The second kappa shape index (κ2) is 9.43. The normalized spacial score (nSPS) is 11.2. The lowest BCUT2D eigenvalue weighted by Gasteiger charge is -2.21. The first-order valence-corrected chi connectivity index (χ1v) is 11.1. The van der Waals surface area contributed by atoms with Crippen molar-refractivity contribution in [3.63, 3.8) is 0 Å². The number of aromatic nitrogens is 2. The van der Waals surface area contributed by atoms with E-state index in [9.17, 15) is 14.4 Å². The summed E-state index contributed by atoms with van der Waals surface area (Å²) in [5.74, 6) is -0.178. The summed E-state index contributed by atoms with van der Waals surface area (Å²) in [7, 11) is 1.78. The Labute approximate surface area is 185 Å². The van der Waals surface area contributed by atoms with Crippen molar-refractivity contribution in [2.24, 2.45) is 0 Å². The summed E-state index contributed by atoms with van der Waals surface area (Å²) in [6.07, 6.45) is 1.70. The van der Waals surface area contributed by atoms with E-state index in [2.05, 4.69) is 10.3 Å². The number of rotatable bonds is 7. The monoisotopic (exact) mass is 440 g/mol. The second-order valence-electron chi connectivity index (χ2n) is 7.94. The maximum absolute atomic E-state index is 12.7. The maximum Gasteiger partial charge on any atom is 0.262 e. The Balaban J connectivity index is 1.56. The summed E-state index contributed by atoms with van der Waals surface area (Å²) in [4.78, 5) is 45.2. The van der Waals surface area contributed by atoms with Crippen LogP contribution in [0.2, 0.25) is 0 Å². The number of nitrogens with one attached hydrogen (secondary N) is 1. The van der Waals surface area contributed by atoms with Crippen LogP contribution in [0.4, 0.5) is 0 Å². The molecule has 0 saturated heterocycles. The quantitative estimate of drug-likeness (QED) is 0.611. The fraction of sp³-hybridized carbons (Fsp3) is 0.391. The van der Waals surface area contributed by atoms with Crippen LogP contribution in [0, 0.1) is 13.8 Å². The number of nitrogens with zero attached hydrogens (tertiary/aromatic N) is 3. The number of fused-ring (bicyclic) bond motifs is 1. The van der Waals surface area contributed by atoms with Crippen LogP contribution in [0.1, 0.15) is 46.6 Å². The molecule has 0 aliphatic carbocycles. The van der Waals surface area contributed by atoms with Crippen LogP contribution in [0.15, 0.2) is 35.4 Å². The van der Waals surface area contributed by atoms with Gasteiger partial charge in [-0.2, -0.15) is 0 Å². The summed E-state index contributed by atoms with van der Waals surface area (Å²) >= 11 is 1.51. The van der Waals surface area contributed by atoms with E-state index < -0.39 is 0 Å². The van der Waals surface area contributed by atoms with E-state index in [-0.39, 0.29) is 36.4 Å². The Morgan fingerprint density at radius 1 is 1.19 bits per heavy atom. The zero-order chi connectivity index (χ0) is 22.7. The van der Waals surface area contributed by atoms with Gasteiger partial charge in [-0.3, -0.25) is 19.0 Å². The van der Waals surface area contributed by atoms with Crippen LogP contribution in [-0.4, -0.2) is 39.4 Å². The minimum Gasteiger partial charge on any atom is -0.352 e. The number of thiophene rings is 1. The van der Waals surface area contributed by atoms with Crippen LogP contribution >= 0.6 is 11.3 Å². The van der Waals surface area contributed by atoms with Gasteiger partial charge >= 0.3 is 0 Å². The molecule has 0 aliphatic heterocycles. The van der Waals surface area contributed by atoms with Crippen molar-refractivity contribution < 1.29 is 9.59 Å². The van der Waals surface area contributed by atoms with Crippen LogP contribution in [0.5, 0.6) is 0 Å². The molecule has 0 unspecified atom stereocenters. The second-order valence-corrected chi connectivity index (χ2v) is 9.14. The van der Waals surface area contributed by atoms with E-state index in [0.717, 1.165) is 20.8 Å². The fourth-order valence-electron chi connectivity index (χ4n) is 3.14. The SMILES string of the molecule is Cc1sc2ncn(CCC(=O)NCc3ccc(C(=O)N(C)C(C)C)cc3)c(=O)c2c1C. The van der Waals surface area contributed by atoms with E-state index in [1.165, 1.54) is 22.2 Å². The Morgan fingerprint density at radius 3 is 2.52 bits per heavy atom. The third-order valence-electron chi connectivity index (χ3n) is 5.52. The average Bonchev–Trinajstić information content (AvgIpc) is 3.05. The molecule has 8 heteroatoms. The molecule has 0 fully saturated rings. The largest absolute Gasteiger partial charge is 0.352 e. The first kappa shape index (κ1) is 22.7. The molecule has 0 aliphatic rings. The standard InChI is InChI=1S/C23H28N4O3S/c1-14(2)26(5)22(29)18-8-6-17(7-9-18)12-24-19(28)10-11-27-13-25-21-20(23(27)30)15(3)16(4)31-21/h6-9,13-14H,10-12H2,1-5H3,(H,24,28). The molecule has 1 N–H and O–H groups in total. The molecule has 1 aromatic carbocycles. The Kier molecular flexibility index (Phi) is 6.90. The molecule has 3 aromatic rings. The van der Waals surface area contributed by atoms with Crippen molar-refractivity contribution in [2.75, 3.05) is 7.05 Å². The highest BCUT2D eigenvalue weighted by molar-refractivity contribution is 7.18. The first-order chi connectivity index (χ1) is 14.7. The van der Waals surface area contributed by atoms with Crippen molar-refractivity contribution in [3.05, 3.63) is 62.5 Å². The highest BCUT2D eigenvalue weighted by atomic mass is 32.1. The molecule has 0 spiro atoms. The van der Waals surface area contributed by atoms with Crippen molar-refractivity contribution in [3.8, 4) is 0 Å². The molecular formula is C23H28N4O3S. The highest BCUT2D eigenvalue weighted by Crippen LogP contribution is 2.25. The first-order valence-electron chi connectivity index (χ1n) is 10.3. The number of carbonyl (C=O) groups excluding carboxylic acids is 2. The van der Waals surface area contributed by atoms with Crippen molar-refractivity contribution in [1.29, 1.82) is 0 Å². The molecule has 0 bridgehead atoms. The molecular weight excluding hydrogens is 412 g/mol. The van der Waals surface area contributed by atoms with Crippen LogP contribution in [0.3, 0.4) is 0 Å². The Hall–Kier alpha value is -3.00. The molecule has 7 nitrogen and oxygen atoms in total.